The topological polar surface area (TPSA) is 133 Å². The van der Waals surface area contributed by atoms with E-state index in [1.165, 1.54) is 30.2 Å². The molecule has 9 heteroatoms. The number of ketones is 1. The van der Waals surface area contributed by atoms with Crippen molar-refractivity contribution in [1.29, 1.82) is 0 Å². The molecule has 0 saturated carbocycles. The largest absolute Gasteiger partial charge is 0.503 e. The Bertz CT molecular complexity index is 1560. The number of benzene rings is 3. The lowest BCUT2D eigenvalue weighted by Gasteiger charge is -2.25. The lowest BCUT2D eigenvalue weighted by atomic mass is 9.93. The van der Waals surface area contributed by atoms with Gasteiger partial charge in [0.15, 0.2) is 11.5 Å². The third-order valence-electron chi connectivity index (χ3n) is 6.35. The van der Waals surface area contributed by atoms with E-state index in [1.807, 2.05) is 30.3 Å². The molecule has 1 atom stereocenters. The number of methoxy groups -OCH3 is 1. The van der Waals surface area contributed by atoms with E-state index in [9.17, 15) is 24.6 Å². The average molecular weight is 498 g/mol. The third kappa shape index (κ3) is 4.42. The molecular weight excluding hydrogens is 474 g/mol. The number of carbonyl (C=O) groups excluding carboxylic acids is 2. The van der Waals surface area contributed by atoms with Crippen LogP contribution in [-0.2, 0) is 16.0 Å². The highest BCUT2D eigenvalue weighted by Gasteiger charge is 2.45. The number of aryl methyl sites for hydroxylation is 1. The van der Waals surface area contributed by atoms with Crippen LogP contribution < -0.4 is 9.64 Å². The minimum Gasteiger partial charge on any atom is -0.503 e. The number of nitrogens with one attached hydrogen (secondary N) is 1. The van der Waals surface area contributed by atoms with Gasteiger partial charge in [0, 0.05) is 6.42 Å². The number of carbonyl (C=O) groups is 3. The van der Waals surface area contributed by atoms with Gasteiger partial charge in [0.25, 0.3) is 5.91 Å². The van der Waals surface area contributed by atoms with Gasteiger partial charge in [-0.3, -0.25) is 14.5 Å². The molecule has 0 spiro atoms. The van der Waals surface area contributed by atoms with Gasteiger partial charge in [-0.2, -0.15) is 0 Å². The van der Waals surface area contributed by atoms with E-state index in [2.05, 4.69) is 9.97 Å². The molecule has 2 heterocycles. The number of aromatic amines is 1. The lowest BCUT2D eigenvalue weighted by Crippen LogP contribution is -2.32. The van der Waals surface area contributed by atoms with E-state index >= 15 is 0 Å². The lowest BCUT2D eigenvalue weighted by molar-refractivity contribution is -0.118. The standard InChI is InChI=1S/C28H23N3O6/c1-37-19-9-5-8-17(14-19)24-23(22(32)13-10-16-6-3-2-4-7-16)25(33)26(34)31(24)28-29-20-12-11-18(27(35)36)15-21(20)30-28/h2-9,11-12,14-15,24,33H,10,13H2,1H3,(H,29,30)(H,35,36). The molecule has 3 N–H and O–H groups in total. The smallest absolute Gasteiger partial charge is 0.335 e. The highest BCUT2D eigenvalue weighted by Crippen LogP contribution is 2.41. The molecule has 37 heavy (non-hydrogen) atoms. The molecule has 5 rings (SSSR count). The predicted molar refractivity (Wildman–Crippen MR) is 136 cm³/mol. The fourth-order valence-electron chi connectivity index (χ4n) is 4.52. The van der Waals surface area contributed by atoms with Crippen molar-refractivity contribution in [2.75, 3.05) is 12.0 Å². The van der Waals surface area contributed by atoms with Crippen molar-refractivity contribution in [3.05, 3.63) is 101 Å². The highest BCUT2D eigenvalue weighted by molar-refractivity contribution is 6.16. The number of carboxylic acids is 1. The summed E-state index contributed by atoms with van der Waals surface area (Å²) in [5.74, 6) is -2.30. The Balaban J connectivity index is 1.57. The molecule has 1 unspecified atom stereocenters. The van der Waals surface area contributed by atoms with Crippen molar-refractivity contribution >= 4 is 34.6 Å². The third-order valence-corrected chi connectivity index (χ3v) is 6.35. The molecule has 3 aromatic carbocycles. The second-order valence-electron chi connectivity index (χ2n) is 8.62. The first-order chi connectivity index (χ1) is 17.9. The van der Waals surface area contributed by atoms with Crippen LogP contribution in [0.3, 0.4) is 0 Å². The molecule has 0 radical (unpaired) electrons. The van der Waals surface area contributed by atoms with Gasteiger partial charge in [-0.1, -0.05) is 42.5 Å². The van der Waals surface area contributed by atoms with Gasteiger partial charge in [0.05, 0.1) is 35.3 Å². The van der Waals surface area contributed by atoms with Crippen LogP contribution in [0.25, 0.3) is 11.0 Å². The number of amides is 1. The molecule has 0 bridgehead atoms. The minimum atomic E-state index is -1.10. The molecule has 4 aromatic rings. The number of fused-ring (bicyclic) bond motifs is 1. The summed E-state index contributed by atoms with van der Waals surface area (Å²) >= 11 is 0. The summed E-state index contributed by atoms with van der Waals surface area (Å²) in [6.07, 6.45) is 0.533. The number of Topliss-reactive ketones (excluding diaryl/α,β-unsaturated/α-hetero) is 1. The average Bonchev–Trinajstić information content (AvgIpc) is 3.45. The number of aromatic nitrogens is 2. The first kappa shape index (κ1) is 23.8. The number of carboxylic acid groups (broad SMARTS) is 1. The maximum Gasteiger partial charge on any atom is 0.335 e. The van der Waals surface area contributed by atoms with Gasteiger partial charge in [-0.15, -0.1) is 0 Å². The second kappa shape index (κ2) is 9.62. The van der Waals surface area contributed by atoms with Crippen LogP contribution in [-0.4, -0.2) is 45.0 Å². The van der Waals surface area contributed by atoms with Crippen LogP contribution in [0, 0.1) is 0 Å². The second-order valence-corrected chi connectivity index (χ2v) is 8.62. The number of nitrogens with zero attached hydrogens (tertiary/aromatic N) is 2. The Morgan fingerprint density at radius 1 is 1.05 bits per heavy atom. The fraction of sp³-hybridized carbons (Fsp3) is 0.143. The van der Waals surface area contributed by atoms with E-state index < -0.39 is 23.7 Å². The van der Waals surface area contributed by atoms with E-state index in [1.54, 1.807) is 24.3 Å². The number of hydrogen-bond donors (Lipinski definition) is 3. The minimum absolute atomic E-state index is 0.0270. The first-order valence-corrected chi connectivity index (χ1v) is 11.6. The monoisotopic (exact) mass is 497 g/mol. The number of aliphatic hydroxyl groups is 1. The Morgan fingerprint density at radius 3 is 2.57 bits per heavy atom. The Hall–Kier alpha value is -4.92. The van der Waals surface area contributed by atoms with Gasteiger partial charge in [0.2, 0.25) is 5.95 Å². The van der Waals surface area contributed by atoms with E-state index in [-0.39, 0.29) is 29.3 Å². The quantitative estimate of drug-likeness (QED) is 0.329. The molecule has 186 valence electrons. The molecular formula is C28H23N3O6. The van der Waals surface area contributed by atoms with Crippen LogP contribution in [0.1, 0.15) is 33.9 Å². The van der Waals surface area contributed by atoms with Crippen molar-refractivity contribution < 1.29 is 29.3 Å². The number of anilines is 1. The van der Waals surface area contributed by atoms with Crippen LogP contribution in [0.4, 0.5) is 5.95 Å². The van der Waals surface area contributed by atoms with Crippen molar-refractivity contribution in [2.24, 2.45) is 0 Å². The van der Waals surface area contributed by atoms with Crippen LogP contribution in [0.15, 0.2) is 84.1 Å². The number of aliphatic hydroxyl groups excluding tert-OH is 1. The zero-order valence-electron chi connectivity index (χ0n) is 19.8. The zero-order chi connectivity index (χ0) is 26.1. The normalized spacial score (nSPS) is 15.4. The fourth-order valence-corrected chi connectivity index (χ4v) is 4.52. The van der Waals surface area contributed by atoms with Gasteiger partial charge in [-0.05, 0) is 47.9 Å². The maximum absolute atomic E-state index is 13.5. The summed E-state index contributed by atoms with van der Waals surface area (Å²) in [6, 6.07) is 19.8. The number of aromatic carboxylic acids is 1. The van der Waals surface area contributed by atoms with Gasteiger partial charge >= 0.3 is 5.97 Å². The number of H-pyrrole nitrogens is 1. The molecule has 1 amide bonds. The van der Waals surface area contributed by atoms with E-state index in [0.29, 0.717) is 28.8 Å². The molecule has 0 fully saturated rings. The molecule has 1 aliphatic heterocycles. The molecule has 1 aliphatic rings. The van der Waals surface area contributed by atoms with Crippen LogP contribution in [0.5, 0.6) is 5.75 Å². The number of hydrogen-bond acceptors (Lipinski definition) is 6. The van der Waals surface area contributed by atoms with Gasteiger partial charge < -0.3 is 19.9 Å². The van der Waals surface area contributed by atoms with Gasteiger partial charge in [-0.25, -0.2) is 9.78 Å². The summed E-state index contributed by atoms with van der Waals surface area (Å²) < 4.78 is 5.35. The van der Waals surface area contributed by atoms with Gasteiger partial charge in [0.1, 0.15) is 5.75 Å². The summed E-state index contributed by atoms with van der Waals surface area (Å²) in [4.78, 5) is 46.9. The number of ether oxygens (including phenoxy) is 1. The molecule has 9 nitrogen and oxygen atoms in total. The van der Waals surface area contributed by atoms with E-state index in [0.717, 1.165) is 5.56 Å². The summed E-state index contributed by atoms with van der Waals surface area (Å²) in [7, 11) is 1.51. The molecule has 1 aromatic heterocycles. The maximum atomic E-state index is 13.5. The summed E-state index contributed by atoms with van der Waals surface area (Å²) in [6.45, 7) is 0. The predicted octanol–water partition coefficient (Wildman–Crippen LogP) is 4.37. The number of imidazole rings is 1. The Labute approximate surface area is 211 Å². The molecule has 0 saturated heterocycles. The molecule has 0 aliphatic carbocycles. The SMILES string of the molecule is COc1cccc(C2C(C(=O)CCc3ccccc3)=C(O)C(=O)N2c2nc3ccc(C(=O)O)cc3[nH]2)c1. The summed E-state index contributed by atoms with van der Waals surface area (Å²) in [5, 5.41) is 20.2. The van der Waals surface area contributed by atoms with Crippen molar-refractivity contribution in [3.63, 3.8) is 0 Å². The first-order valence-electron chi connectivity index (χ1n) is 11.6. The zero-order valence-corrected chi connectivity index (χ0v) is 19.8. The van der Waals surface area contributed by atoms with Crippen molar-refractivity contribution in [1.82, 2.24) is 9.97 Å². The van der Waals surface area contributed by atoms with Crippen molar-refractivity contribution in [3.8, 4) is 5.75 Å². The van der Waals surface area contributed by atoms with E-state index in [4.69, 9.17) is 4.74 Å². The van der Waals surface area contributed by atoms with Crippen molar-refractivity contribution in [2.45, 2.75) is 18.9 Å². The van der Waals surface area contributed by atoms with Crippen LogP contribution >= 0.6 is 0 Å². The highest BCUT2D eigenvalue weighted by atomic mass is 16.5. The Kier molecular flexibility index (Phi) is 6.19. The van der Waals surface area contributed by atoms with Crippen LogP contribution in [0.2, 0.25) is 0 Å². The Morgan fingerprint density at radius 2 is 1.84 bits per heavy atom. The summed E-state index contributed by atoms with van der Waals surface area (Å²) in [5.41, 5.74) is 2.36. The number of rotatable bonds is 8.